The Morgan fingerprint density at radius 3 is 2.35 bits per heavy atom. The van der Waals surface area contributed by atoms with Gasteiger partial charge in [0.05, 0.1) is 10.6 Å². The zero-order valence-electron chi connectivity index (χ0n) is 20.1. The number of aromatic nitrogens is 1. The van der Waals surface area contributed by atoms with Crippen LogP contribution in [0.2, 0.25) is 0 Å². The first-order valence-corrected chi connectivity index (χ1v) is 13.3. The second-order valence-electron chi connectivity index (χ2n) is 8.93. The van der Waals surface area contributed by atoms with Crippen molar-refractivity contribution < 1.29 is 13.2 Å². The fourth-order valence-corrected chi connectivity index (χ4v) is 5.41. The summed E-state index contributed by atoms with van der Waals surface area (Å²) in [6, 6.07) is 27.0. The number of para-hydroxylation sites is 1. The molecule has 0 saturated heterocycles. The number of hydrogen-bond acceptors (Lipinski definition) is 4. The van der Waals surface area contributed by atoms with E-state index in [0.29, 0.717) is 11.3 Å². The van der Waals surface area contributed by atoms with Crippen LogP contribution in [0.4, 0.5) is 5.69 Å². The molecule has 0 bridgehead atoms. The molecular formula is C29H25N3O4S. The van der Waals surface area contributed by atoms with Crippen molar-refractivity contribution in [1.82, 2.24) is 9.71 Å². The maximum Gasteiger partial charge on any atom is 0.243 e. The lowest BCUT2D eigenvalue weighted by atomic mass is 10.0. The van der Waals surface area contributed by atoms with Crippen LogP contribution in [0.15, 0.2) is 107 Å². The summed E-state index contributed by atoms with van der Waals surface area (Å²) < 4.78 is 28.8. The summed E-state index contributed by atoms with van der Waals surface area (Å²) in [7, 11) is -4.00. The van der Waals surface area contributed by atoms with Crippen molar-refractivity contribution in [2.45, 2.75) is 24.3 Å². The molecule has 8 heteroatoms. The van der Waals surface area contributed by atoms with Crippen molar-refractivity contribution in [3.8, 4) is 11.3 Å². The van der Waals surface area contributed by atoms with Gasteiger partial charge < -0.3 is 10.3 Å². The second kappa shape index (κ2) is 10.0. The summed E-state index contributed by atoms with van der Waals surface area (Å²) in [5.41, 5.74) is 3.37. The minimum absolute atomic E-state index is 0.0570. The number of amides is 1. The maximum atomic E-state index is 13.4. The van der Waals surface area contributed by atoms with Gasteiger partial charge >= 0.3 is 0 Å². The molecule has 3 N–H and O–H groups in total. The number of sulfonamides is 1. The van der Waals surface area contributed by atoms with E-state index >= 15 is 0 Å². The van der Waals surface area contributed by atoms with Gasteiger partial charge in [-0.3, -0.25) is 9.59 Å². The predicted octanol–water partition coefficient (Wildman–Crippen LogP) is 4.47. The molecule has 0 fully saturated rings. The largest absolute Gasteiger partial charge is 0.354 e. The summed E-state index contributed by atoms with van der Waals surface area (Å²) in [6.45, 7) is 1.86. The number of hydrogen-bond donors (Lipinski definition) is 3. The van der Waals surface area contributed by atoms with Crippen molar-refractivity contribution in [2.75, 3.05) is 5.32 Å². The van der Waals surface area contributed by atoms with Crippen LogP contribution < -0.4 is 15.5 Å². The fourth-order valence-electron chi connectivity index (χ4n) is 4.22. The zero-order chi connectivity index (χ0) is 26.0. The average Bonchev–Trinajstić information content (AvgIpc) is 2.90. The molecule has 3 aromatic carbocycles. The lowest BCUT2D eigenvalue weighted by Gasteiger charge is -2.19. The summed E-state index contributed by atoms with van der Waals surface area (Å²) in [5, 5.41) is 3.53. The number of fused-ring (bicyclic) bond motifs is 2. The maximum absolute atomic E-state index is 13.4. The molecule has 1 amide bonds. The lowest BCUT2D eigenvalue weighted by molar-refractivity contribution is -0.117. The second-order valence-corrected chi connectivity index (χ2v) is 10.6. The minimum Gasteiger partial charge on any atom is -0.354 e. The molecule has 37 heavy (non-hydrogen) atoms. The minimum atomic E-state index is -4.00. The van der Waals surface area contributed by atoms with Crippen molar-refractivity contribution in [1.29, 1.82) is 0 Å². The first-order chi connectivity index (χ1) is 17.8. The van der Waals surface area contributed by atoms with Gasteiger partial charge in [0.2, 0.25) is 21.4 Å². The van der Waals surface area contributed by atoms with E-state index < -0.39 is 22.0 Å². The number of carbonyl (C=O) groups is 1. The number of rotatable bonds is 7. The molecular weight excluding hydrogens is 486 g/mol. The summed E-state index contributed by atoms with van der Waals surface area (Å²) in [6.07, 6.45) is 0.109. The molecule has 1 heterocycles. The van der Waals surface area contributed by atoms with Crippen LogP contribution in [0.5, 0.6) is 0 Å². The van der Waals surface area contributed by atoms with Gasteiger partial charge in [0.15, 0.2) is 0 Å². The molecule has 0 unspecified atom stereocenters. The molecule has 1 aliphatic carbocycles. The molecule has 2 aliphatic rings. The van der Waals surface area contributed by atoms with Gasteiger partial charge in [-0.25, -0.2) is 8.42 Å². The van der Waals surface area contributed by atoms with Gasteiger partial charge in [-0.2, -0.15) is 4.72 Å². The topological polar surface area (TPSA) is 108 Å². The van der Waals surface area contributed by atoms with Gasteiger partial charge in [0.1, 0.15) is 6.04 Å². The van der Waals surface area contributed by atoms with Crippen LogP contribution in [0.1, 0.15) is 11.1 Å². The smallest absolute Gasteiger partial charge is 0.243 e. The summed E-state index contributed by atoms with van der Waals surface area (Å²) >= 11 is 0. The van der Waals surface area contributed by atoms with E-state index in [-0.39, 0.29) is 22.4 Å². The van der Waals surface area contributed by atoms with Gasteiger partial charge in [-0.1, -0.05) is 66.2 Å². The monoisotopic (exact) mass is 511 g/mol. The number of carbonyl (C=O) groups excluding carboxylic acids is 1. The van der Waals surface area contributed by atoms with Gasteiger partial charge in [-0.05, 0) is 60.7 Å². The van der Waals surface area contributed by atoms with Crippen molar-refractivity contribution in [3.05, 3.63) is 118 Å². The van der Waals surface area contributed by atoms with Crippen molar-refractivity contribution in [2.24, 2.45) is 0 Å². The summed E-state index contributed by atoms with van der Waals surface area (Å²) in [5.74, 6) is -0.624. The van der Waals surface area contributed by atoms with Gasteiger partial charge in [0.25, 0.3) is 0 Å². The van der Waals surface area contributed by atoms with Gasteiger partial charge in [-0.15, -0.1) is 0 Å². The van der Waals surface area contributed by atoms with Crippen LogP contribution in [-0.2, 0) is 21.2 Å². The number of benzene rings is 4. The number of pyridine rings is 1. The SMILES string of the molecule is Cc1ccc(S(=O)(=O)N[C@@H](Cc2ccccc2)C(=O)Nc2ccc3[nH]c4ccccc4cc-3c2=O)cc1. The van der Waals surface area contributed by atoms with E-state index in [1.165, 1.54) is 18.2 Å². The number of aryl methyl sites for hydroxylation is 1. The van der Waals surface area contributed by atoms with Crippen LogP contribution >= 0.6 is 0 Å². The predicted molar refractivity (Wildman–Crippen MR) is 145 cm³/mol. The number of H-pyrrole nitrogens is 1. The Labute approximate surface area is 214 Å². The third-order valence-corrected chi connectivity index (χ3v) is 7.70. The van der Waals surface area contributed by atoms with E-state index in [1.54, 1.807) is 24.3 Å². The Hall–Kier alpha value is -4.27. The highest BCUT2D eigenvalue weighted by Gasteiger charge is 2.27. The van der Waals surface area contributed by atoms with Crippen LogP contribution in [0.3, 0.4) is 0 Å². The fraction of sp³-hybridized carbons (Fsp3) is 0.103. The third-order valence-electron chi connectivity index (χ3n) is 6.21. The molecule has 0 aromatic heterocycles. The number of aromatic amines is 1. The van der Waals surface area contributed by atoms with Crippen molar-refractivity contribution >= 4 is 32.5 Å². The third kappa shape index (κ3) is 5.30. The highest BCUT2D eigenvalue weighted by molar-refractivity contribution is 7.89. The molecule has 1 aliphatic heterocycles. The van der Waals surface area contributed by atoms with E-state index in [0.717, 1.165) is 22.0 Å². The first-order valence-electron chi connectivity index (χ1n) is 11.8. The normalized spacial score (nSPS) is 12.5. The molecule has 7 nitrogen and oxygen atoms in total. The van der Waals surface area contributed by atoms with E-state index in [1.807, 2.05) is 61.5 Å². The molecule has 186 valence electrons. The highest BCUT2D eigenvalue weighted by Crippen LogP contribution is 2.24. The Morgan fingerprint density at radius 2 is 1.59 bits per heavy atom. The molecule has 1 atom stereocenters. The molecule has 5 rings (SSSR count). The van der Waals surface area contributed by atoms with Crippen LogP contribution in [0, 0.1) is 6.92 Å². The average molecular weight is 512 g/mol. The van der Waals surface area contributed by atoms with Crippen LogP contribution in [-0.4, -0.2) is 25.4 Å². The highest BCUT2D eigenvalue weighted by atomic mass is 32.2. The van der Waals surface area contributed by atoms with Gasteiger partial charge in [0, 0.05) is 16.8 Å². The Kier molecular flexibility index (Phi) is 6.60. The zero-order valence-corrected chi connectivity index (χ0v) is 20.9. The van der Waals surface area contributed by atoms with Crippen LogP contribution in [0.25, 0.3) is 22.2 Å². The van der Waals surface area contributed by atoms with E-state index in [4.69, 9.17) is 0 Å². The van der Waals surface area contributed by atoms with E-state index in [9.17, 15) is 18.0 Å². The Balaban J connectivity index is 1.47. The Morgan fingerprint density at radius 1 is 0.892 bits per heavy atom. The molecule has 0 radical (unpaired) electrons. The summed E-state index contributed by atoms with van der Waals surface area (Å²) in [4.78, 5) is 29.9. The lowest BCUT2D eigenvalue weighted by Crippen LogP contribution is -2.45. The van der Waals surface area contributed by atoms with Crippen molar-refractivity contribution in [3.63, 3.8) is 0 Å². The number of nitrogens with one attached hydrogen (secondary N) is 3. The standard InChI is InChI=1S/C29H25N3O4S/c1-19-11-13-22(14-12-19)37(35,36)32-27(17-20-7-3-2-4-8-20)29(34)31-26-16-15-25-23(28(26)33)18-21-9-5-6-10-24(21)30-25/h2-16,18,27,30,32H,17H2,1H3,(H,31,34)/t27-/m0/s1. The molecule has 0 saturated carbocycles. The van der Waals surface area contributed by atoms with E-state index in [2.05, 4.69) is 15.0 Å². The number of anilines is 1. The quantitative estimate of drug-likeness (QED) is 0.280. The first kappa shape index (κ1) is 24.4. The molecule has 0 spiro atoms. The Bertz CT molecular complexity index is 1710. The molecule has 3 aromatic rings.